The molecule has 3 aromatic rings. The Labute approximate surface area is 203 Å². The summed E-state index contributed by atoms with van der Waals surface area (Å²) < 4.78 is 39.5. The summed E-state index contributed by atoms with van der Waals surface area (Å²) in [4.78, 5) is 14.2. The number of rotatable bonds is 7. The van der Waals surface area contributed by atoms with Gasteiger partial charge in [0.15, 0.2) is 0 Å². The number of hydrogen-bond donors (Lipinski definition) is 0. The molecule has 0 saturated carbocycles. The first kappa shape index (κ1) is 24.3. The molecule has 1 aliphatic heterocycles. The molecular formula is C24H25N3O5S2. The molecule has 0 unspecified atom stereocenters. The van der Waals surface area contributed by atoms with Crippen LogP contribution in [0.2, 0.25) is 0 Å². The molecule has 1 aliphatic rings. The highest BCUT2D eigenvalue weighted by Gasteiger charge is 2.26. The van der Waals surface area contributed by atoms with Crippen LogP contribution in [0.1, 0.15) is 23.7 Å². The molecule has 4 rings (SSSR count). The summed E-state index contributed by atoms with van der Waals surface area (Å²) in [5.74, 6) is -0.316. The third-order valence-electron chi connectivity index (χ3n) is 5.65. The van der Waals surface area contributed by atoms with Crippen LogP contribution in [0.5, 0.6) is 0 Å². The van der Waals surface area contributed by atoms with E-state index < -0.39 is 10.0 Å². The van der Waals surface area contributed by atoms with Gasteiger partial charge in [-0.2, -0.15) is 9.57 Å². The third kappa shape index (κ3) is 4.83. The van der Waals surface area contributed by atoms with Crippen LogP contribution in [0.15, 0.2) is 57.3 Å². The van der Waals surface area contributed by atoms with Crippen LogP contribution in [-0.2, 0) is 30.7 Å². The van der Waals surface area contributed by atoms with E-state index in [1.165, 1.54) is 16.1 Å². The highest BCUT2D eigenvalue weighted by Crippen LogP contribution is 2.38. The smallest absolute Gasteiger partial charge is 0.311 e. The van der Waals surface area contributed by atoms with Gasteiger partial charge in [0.05, 0.1) is 48.3 Å². The Morgan fingerprint density at radius 1 is 1.21 bits per heavy atom. The van der Waals surface area contributed by atoms with Crippen molar-refractivity contribution in [2.75, 3.05) is 32.9 Å². The molecule has 1 fully saturated rings. The van der Waals surface area contributed by atoms with Crippen LogP contribution in [-0.4, -0.2) is 56.0 Å². The van der Waals surface area contributed by atoms with Crippen LogP contribution >= 0.6 is 11.8 Å². The van der Waals surface area contributed by atoms with Gasteiger partial charge in [-0.05, 0) is 55.8 Å². The lowest BCUT2D eigenvalue weighted by Gasteiger charge is -2.26. The molecular weight excluding hydrogens is 474 g/mol. The Hall–Kier alpha value is -2.84. The average molecular weight is 500 g/mol. The molecule has 1 saturated heterocycles. The Bertz CT molecular complexity index is 1350. The first-order valence-corrected chi connectivity index (χ1v) is 13.2. The minimum absolute atomic E-state index is 0.115. The van der Waals surface area contributed by atoms with E-state index in [0.29, 0.717) is 38.5 Å². The zero-order valence-corrected chi connectivity index (χ0v) is 20.6. The summed E-state index contributed by atoms with van der Waals surface area (Å²) in [5.41, 5.74) is 3.04. The van der Waals surface area contributed by atoms with Gasteiger partial charge in [0.1, 0.15) is 0 Å². The van der Waals surface area contributed by atoms with Crippen LogP contribution < -0.4 is 0 Å². The fourth-order valence-corrected chi connectivity index (χ4v) is 6.36. The van der Waals surface area contributed by atoms with Gasteiger partial charge < -0.3 is 13.9 Å². The second-order valence-corrected chi connectivity index (χ2v) is 10.8. The number of fused-ring (bicyclic) bond motifs is 1. The number of carbonyl (C=O) groups is 1. The number of carbonyl (C=O) groups excluding carboxylic acids is 1. The number of morpholine rings is 1. The van der Waals surface area contributed by atoms with Gasteiger partial charge in [-0.15, -0.1) is 0 Å². The van der Waals surface area contributed by atoms with E-state index in [4.69, 9.17) is 9.47 Å². The van der Waals surface area contributed by atoms with Crippen LogP contribution in [0.25, 0.3) is 5.52 Å². The molecule has 1 aromatic carbocycles. The first-order valence-electron chi connectivity index (χ1n) is 10.9. The molecule has 34 heavy (non-hydrogen) atoms. The van der Waals surface area contributed by atoms with Gasteiger partial charge in [-0.1, -0.05) is 11.8 Å². The van der Waals surface area contributed by atoms with Crippen LogP contribution in [0.3, 0.4) is 0 Å². The molecule has 3 heterocycles. The van der Waals surface area contributed by atoms with E-state index in [1.54, 1.807) is 49.5 Å². The van der Waals surface area contributed by atoms with E-state index >= 15 is 0 Å². The number of sulfonamides is 1. The Morgan fingerprint density at radius 2 is 1.91 bits per heavy atom. The van der Waals surface area contributed by atoms with Crippen molar-refractivity contribution in [2.45, 2.75) is 35.0 Å². The molecule has 0 aliphatic carbocycles. The van der Waals surface area contributed by atoms with Crippen molar-refractivity contribution in [1.82, 2.24) is 8.71 Å². The lowest BCUT2D eigenvalue weighted by Crippen LogP contribution is -2.40. The predicted octanol–water partition coefficient (Wildman–Crippen LogP) is 3.40. The molecule has 0 bridgehead atoms. The summed E-state index contributed by atoms with van der Waals surface area (Å²) in [6.45, 7) is 5.50. The molecule has 0 amide bonds. The lowest BCUT2D eigenvalue weighted by atomic mass is 10.2. The van der Waals surface area contributed by atoms with Gasteiger partial charge in [0, 0.05) is 34.8 Å². The maximum absolute atomic E-state index is 12.9. The largest absolute Gasteiger partial charge is 0.466 e. The van der Waals surface area contributed by atoms with Gasteiger partial charge in [-0.3, -0.25) is 4.79 Å². The van der Waals surface area contributed by atoms with Gasteiger partial charge in [0.2, 0.25) is 10.0 Å². The highest BCUT2D eigenvalue weighted by molar-refractivity contribution is 7.99. The van der Waals surface area contributed by atoms with E-state index in [9.17, 15) is 18.5 Å². The standard InChI is InChI=1S/C24H25N3O5S2/c1-3-32-23(28)15-21-17(2)24(22-14-18(16-25)8-9-27(21)22)33-19-4-6-20(7-5-19)34(29,30)26-10-12-31-13-11-26/h4-9,14H,3,10-13,15H2,1-2H3. The highest BCUT2D eigenvalue weighted by atomic mass is 32.2. The molecule has 0 spiro atoms. The predicted molar refractivity (Wildman–Crippen MR) is 127 cm³/mol. The number of pyridine rings is 1. The summed E-state index contributed by atoms with van der Waals surface area (Å²) >= 11 is 1.47. The Morgan fingerprint density at radius 3 is 2.56 bits per heavy atom. The molecule has 178 valence electrons. The quantitative estimate of drug-likeness (QED) is 0.459. The normalized spacial score (nSPS) is 14.7. The number of nitriles is 1. The first-order chi connectivity index (χ1) is 16.3. The third-order valence-corrected chi connectivity index (χ3v) is 8.79. The van der Waals surface area contributed by atoms with Crippen LogP contribution in [0.4, 0.5) is 0 Å². The summed E-state index contributed by atoms with van der Waals surface area (Å²) in [6.07, 6.45) is 1.90. The molecule has 8 nitrogen and oxygen atoms in total. The van der Waals surface area contributed by atoms with Crippen molar-refractivity contribution in [3.63, 3.8) is 0 Å². The van der Waals surface area contributed by atoms with Gasteiger partial charge in [-0.25, -0.2) is 8.42 Å². The fraction of sp³-hybridized carbons (Fsp3) is 0.333. The second-order valence-electron chi connectivity index (χ2n) is 7.76. The molecule has 2 aromatic heterocycles. The van der Waals surface area contributed by atoms with E-state index in [0.717, 1.165) is 26.6 Å². The second kappa shape index (κ2) is 10.2. The van der Waals surface area contributed by atoms with E-state index in [1.807, 2.05) is 11.3 Å². The molecule has 0 N–H and O–H groups in total. The molecule has 0 radical (unpaired) electrons. The number of esters is 1. The Kier molecular flexibility index (Phi) is 7.28. The monoisotopic (exact) mass is 499 g/mol. The minimum atomic E-state index is -3.57. The van der Waals surface area contributed by atoms with Crippen molar-refractivity contribution in [3.8, 4) is 6.07 Å². The number of ether oxygens (including phenoxy) is 2. The average Bonchev–Trinajstić information content (AvgIpc) is 3.10. The van der Waals surface area contributed by atoms with Gasteiger partial charge in [0.25, 0.3) is 0 Å². The van der Waals surface area contributed by atoms with Crippen molar-refractivity contribution in [2.24, 2.45) is 0 Å². The Balaban J connectivity index is 1.67. The van der Waals surface area contributed by atoms with Crippen molar-refractivity contribution >= 4 is 33.3 Å². The topological polar surface area (TPSA) is 101 Å². The summed E-state index contributed by atoms with van der Waals surface area (Å²) in [5, 5.41) is 9.37. The zero-order chi connectivity index (χ0) is 24.3. The van der Waals surface area contributed by atoms with Crippen molar-refractivity contribution in [1.29, 1.82) is 5.26 Å². The summed E-state index contributed by atoms with van der Waals surface area (Å²) in [6, 6.07) is 12.4. The summed E-state index contributed by atoms with van der Waals surface area (Å²) in [7, 11) is -3.57. The maximum atomic E-state index is 12.9. The van der Waals surface area contributed by atoms with Gasteiger partial charge >= 0.3 is 5.97 Å². The number of hydrogen-bond acceptors (Lipinski definition) is 7. The fourth-order valence-electron chi connectivity index (χ4n) is 3.91. The zero-order valence-electron chi connectivity index (χ0n) is 19.0. The minimum Gasteiger partial charge on any atom is -0.466 e. The molecule has 0 atom stereocenters. The number of benzene rings is 1. The van der Waals surface area contributed by atoms with Crippen molar-refractivity contribution in [3.05, 3.63) is 59.4 Å². The van der Waals surface area contributed by atoms with Crippen molar-refractivity contribution < 1.29 is 22.7 Å². The van der Waals surface area contributed by atoms with E-state index in [2.05, 4.69) is 6.07 Å². The SMILES string of the molecule is CCOC(=O)Cc1c(C)c(Sc2ccc(S(=O)(=O)N3CCOCC3)cc2)c2cc(C#N)ccn12. The number of aromatic nitrogens is 1. The number of nitrogens with zero attached hydrogens (tertiary/aromatic N) is 3. The van der Waals surface area contributed by atoms with Crippen LogP contribution in [0, 0.1) is 18.3 Å². The lowest BCUT2D eigenvalue weighted by molar-refractivity contribution is -0.142. The van der Waals surface area contributed by atoms with E-state index in [-0.39, 0.29) is 17.3 Å². The maximum Gasteiger partial charge on any atom is 0.311 e. The molecule has 10 heteroatoms.